The summed E-state index contributed by atoms with van der Waals surface area (Å²) in [7, 11) is 0. The van der Waals surface area contributed by atoms with Crippen molar-refractivity contribution in [3.8, 4) is 0 Å². The zero-order valence-corrected chi connectivity index (χ0v) is 19.8. The summed E-state index contributed by atoms with van der Waals surface area (Å²) < 4.78 is 5.39. The van der Waals surface area contributed by atoms with E-state index in [2.05, 4.69) is 10.7 Å². The number of carbonyl (C=O) groups excluding carboxylic acids is 4. The fourth-order valence-electron chi connectivity index (χ4n) is 4.07. The van der Waals surface area contributed by atoms with Gasteiger partial charge in [0.2, 0.25) is 5.91 Å². The standard InChI is InChI=1S/C24H34N4O5/c1-23(2,3)33-22(32)27-14-11-18(12-15-27)16-19(29)26-28-20(30)24(4,25-21(28)31)13-10-17-8-6-5-7-9-17/h5-9,18H,10-16H2,1-4H3,(H,25,31)(H,26,29). The second-order valence-corrected chi connectivity index (χ2v) is 10.0. The SMILES string of the molecule is CC(C)(C)OC(=O)N1CCC(CC(=O)NN2C(=O)NC(C)(CCc3ccccc3)C2=O)CC1. The van der Waals surface area contributed by atoms with Crippen LogP contribution >= 0.6 is 0 Å². The summed E-state index contributed by atoms with van der Waals surface area (Å²) in [5, 5.41) is 3.51. The van der Waals surface area contributed by atoms with Crippen LogP contribution in [0, 0.1) is 5.92 Å². The molecule has 180 valence electrons. The number of rotatable bonds is 6. The number of aryl methyl sites for hydroxylation is 1. The number of imide groups is 1. The Kier molecular flexibility index (Phi) is 7.29. The van der Waals surface area contributed by atoms with E-state index >= 15 is 0 Å². The Bertz CT molecular complexity index is 890. The summed E-state index contributed by atoms with van der Waals surface area (Å²) in [6.45, 7) is 8.16. The van der Waals surface area contributed by atoms with Gasteiger partial charge in [0.1, 0.15) is 11.1 Å². The monoisotopic (exact) mass is 458 g/mol. The number of amides is 5. The molecule has 0 aromatic heterocycles. The van der Waals surface area contributed by atoms with Gasteiger partial charge in [-0.25, -0.2) is 9.59 Å². The molecule has 5 amide bonds. The lowest BCUT2D eigenvalue weighted by molar-refractivity contribution is -0.139. The molecule has 1 aromatic rings. The van der Waals surface area contributed by atoms with E-state index < -0.39 is 23.1 Å². The van der Waals surface area contributed by atoms with Crippen LogP contribution in [-0.4, -0.2) is 58.1 Å². The lowest BCUT2D eigenvalue weighted by Gasteiger charge is -2.33. The summed E-state index contributed by atoms with van der Waals surface area (Å²) in [5.41, 5.74) is 1.92. The molecule has 2 heterocycles. The number of piperidine rings is 1. The van der Waals surface area contributed by atoms with Crippen LogP contribution in [0.3, 0.4) is 0 Å². The van der Waals surface area contributed by atoms with Crippen molar-refractivity contribution in [1.82, 2.24) is 20.7 Å². The maximum atomic E-state index is 12.9. The van der Waals surface area contributed by atoms with Gasteiger partial charge in [0.15, 0.2) is 0 Å². The van der Waals surface area contributed by atoms with Crippen molar-refractivity contribution in [3.63, 3.8) is 0 Å². The van der Waals surface area contributed by atoms with Crippen molar-refractivity contribution in [1.29, 1.82) is 0 Å². The Morgan fingerprint density at radius 3 is 2.39 bits per heavy atom. The largest absolute Gasteiger partial charge is 0.444 e. The minimum Gasteiger partial charge on any atom is -0.444 e. The molecule has 9 nitrogen and oxygen atoms in total. The fraction of sp³-hybridized carbons (Fsp3) is 0.583. The quantitative estimate of drug-likeness (QED) is 0.637. The van der Waals surface area contributed by atoms with Crippen molar-refractivity contribution in [2.75, 3.05) is 13.1 Å². The van der Waals surface area contributed by atoms with Crippen molar-refractivity contribution < 1.29 is 23.9 Å². The van der Waals surface area contributed by atoms with Crippen molar-refractivity contribution in [2.24, 2.45) is 5.92 Å². The first-order valence-electron chi connectivity index (χ1n) is 11.4. The first kappa shape index (κ1) is 24.5. The zero-order valence-electron chi connectivity index (χ0n) is 19.8. The van der Waals surface area contributed by atoms with Gasteiger partial charge < -0.3 is 15.0 Å². The van der Waals surface area contributed by atoms with E-state index in [-0.39, 0.29) is 24.3 Å². The summed E-state index contributed by atoms with van der Waals surface area (Å²) in [4.78, 5) is 51.7. The average Bonchev–Trinajstić information content (AvgIpc) is 2.95. The third kappa shape index (κ3) is 6.46. The predicted molar refractivity (Wildman–Crippen MR) is 122 cm³/mol. The molecule has 2 N–H and O–H groups in total. The molecule has 2 aliphatic rings. The normalized spacial score (nSPS) is 21.7. The molecule has 0 radical (unpaired) electrons. The third-order valence-corrected chi connectivity index (χ3v) is 5.99. The highest BCUT2D eigenvalue weighted by Gasteiger charge is 2.48. The van der Waals surface area contributed by atoms with Gasteiger partial charge >= 0.3 is 12.1 Å². The Balaban J connectivity index is 1.47. The van der Waals surface area contributed by atoms with Gasteiger partial charge in [0, 0.05) is 19.5 Å². The Labute approximate surface area is 194 Å². The third-order valence-electron chi connectivity index (χ3n) is 5.99. The molecular formula is C24H34N4O5. The van der Waals surface area contributed by atoms with E-state index in [1.165, 1.54) is 0 Å². The fourth-order valence-corrected chi connectivity index (χ4v) is 4.07. The van der Waals surface area contributed by atoms with Gasteiger partial charge in [-0.15, -0.1) is 0 Å². The Morgan fingerprint density at radius 2 is 1.79 bits per heavy atom. The number of nitrogens with one attached hydrogen (secondary N) is 2. The van der Waals surface area contributed by atoms with E-state index in [0.717, 1.165) is 10.6 Å². The molecule has 1 unspecified atom stereocenters. The number of hydrogen-bond acceptors (Lipinski definition) is 5. The van der Waals surface area contributed by atoms with Crippen LogP contribution in [0.25, 0.3) is 0 Å². The van der Waals surface area contributed by atoms with Crippen LogP contribution in [-0.2, 0) is 20.7 Å². The van der Waals surface area contributed by atoms with Gasteiger partial charge in [0.05, 0.1) is 0 Å². The molecular weight excluding hydrogens is 424 g/mol. The minimum absolute atomic E-state index is 0.0638. The van der Waals surface area contributed by atoms with Gasteiger partial charge in [-0.3, -0.25) is 15.0 Å². The van der Waals surface area contributed by atoms with Crippen LogP contribution < -0.4 is 10.7 Å². The second-order valence-electron chi connectivity index (χ2n) is 10.0. The smallest absolute Gasteiger partial charge is 0.410 e. The first-order chi connectivity index (χ1) is 15.5. The molecule has 1 aromatic carbocycles. The molecule has 0 bridgehead atoms. The number of carbonyl (C=O) groups is 4. The second kappa shape index (κ2) is 9.80. The van der Waals surface area contributed by atoms with E-state index in [1.807, 2.05) is 51.1 Å². The van der Waals surface area contributed by atoms with Gasteiger partial charge in [-0.05, 0) is 64.9 Å². The molecule has 0 aliphatic carbocycles. The van der Waals surface area contributed by atoms with E-state index in [9.17, 15) is 19.2 Å². The number of urea groups is 1. The Hall–Kier alpha value is -3.10. The van der Waals surface area contributed by atoms with Gasteiger partial charge in [0.25, 0.3) is 5.91 Å². The number of benzene rings is 1. The molecule has 2 aliphatic heterocycles. The maximum absolute atomic E-state index is 12.9. The highest BCUT2D eigenvalue weighted by Crippen LogP contribution is 2.24. The van der Waals surface area contributed by atoms with Crippen LogP contribution in [0.4, 0.5) is 9.59 Å². The van der Waals surface area contributed by atoms with Gasteiger partial charge in [-0.2, -0.15) is 5.01 Å². The first-order valence-corrected chi connectivity index (χ1v) is 11.4. The summed E-state index contributed by atoms with van der Waals surface area (Å²) in [6, 6.07) is 9.10. The minimum atomic E-state index is -1.07. The van der Waals surface area contributed by atoms with Crippen molar-refractivity contribution >= 4 is 23.9 Å². The average molecular weight is 459 g/mol. The summed E-state index contributed by atoms with van der Waals surface area (Å²) >= 11 is 0. The highest BCUT2D eigenvalue weighted by molar-refractivity contribution is 6.07. The van der Waals surface area contributed by atoms with Gasteiger partial charge in [-0.1, -0.05) is 30.3 Å². The molecule has 0 saturated carbocycles. The summed E-state index contributed by atoms with van der Waals surface area (Å²) in [6.07, 6.45) is 2.20. The van der Waals surface area contributed by atoms with Crippen LogP contribution in [0.15, 0.2) is 30.3 Å². The molecule has 2 saturated heterocycles. The number of likely N-dealkylation sites (tertiary alicyclic amines) is 1. The maximum Gasteiger partial charge on any atom is 0.410 e. The lowest BCUT2D eigenvalue weighted by Crippen LogP contribution is -2.49. The molecule has 33 heavy (non-hydrogen) atoms. The number of hydrogen-bond donors (Lipinski definition) is 2. The lowest BCUT2D eigenvalue weighted by atomic mass is 9.93. The highest BCUT2D eigenvalue weighted by atomic mass is 16.6. The molecule has 9 heteroatoms. The molecule has 3 rings (SSSR count). The topological polar surface area (TPSA) is 108 Å². The zero-order chi connectivity index (χ0) is 24.2. The summed E-state index contributed by atoms with van der Waals surface area (Å²) in [5.74, 6) is -0.785. The van der Waals surface area contributed by atoms with Crippen LogP contribution in [0.5, 0.6) is 0 Å². The molecule has 2 fully saturated rings. The van der Waals surface area contributed by atoms with E-state index in [4.69, 9.17) is 4.74 Å². The van der Waals surface area contributed by atoms with Crippen LogP contribution in [0.1, 0.15) is 58.9 Å². The predicted octanol–water partition coefficient (Wildman–Crippen LogP) is 3.00. The Morgan fingerprint density at radius 1 is 1.15 bits per heavy atom. The van der Waals surface area contributed by atoms with E-state index in [0.29, 0.717) is 38.8 Å². The number of nitrogens with zero attached hydrogens (tertiary/aromatic N) is 2. The number of ether oxygens (including phenoxy) is 1. The van der Waals surface area contributed by atoms with Crippen LogP contribution in [0.2, 0.25) is 0 Å². The molecule has 1 atom stereocenters. The van der Waals surface area contributed by atoms with Crippen molar-refractivity contribution in [3.05, 3.63) is 35.9 Å². The van der Waals surface area contributed by atoms with E-state index in [1.54, 1.807) is 11.8 Å². The van der Waals surface area contributed by atoms with Crippen molar-refractivity contribution in [2.45, 2.75) is 70.9 Å². The molecule has 0 spiro atoms. The number of hydrazine groups is 1.